The zero-order valence-electron chi connectivity index (χ0n) is 12.7. The molecule has 1 aliphatic rings. The van der Waals surface area contributed by atoms with Gasteiger partial charge < -0.3 is 0 Å². The maximum Gasteiger partial charge on any atom is 0.0604 e. The molecule has 1 nitrogen and oxygen atoms in total. The third-order valence-corrected chi connectivity index (χ3v) is 5.51. The number of thioether (sulfide) groups is 1. The van der Waals surface area contributed by atoms with Crippen LogP contribution in [0.5, 0.6) is 0 Å². The van der Waals surface area contributed by atoms with E-state index in [0.717, 1.165) is 6.42 Å². The fourth-order valence-corrected chi connectivity index (χ4v) is 4.26. The van der Waals surface area contributed by atoms with E-state index < -0.39 is 0 Å². The molecule has 0 radical (unpaired) electrons. The fourth-order valence-electron chi connectivity index (χ4n) is 2.97. The lowest BCUT2D eigenvalue weighted by atomic mass is 10.1. The first kappa shape index (κ1) is 14.7. The van der Waals surface area contributed by atoms with Crippen molar-refractivity contribution in [3.8, 4) is 0 Å². The predicted molar refractivity (Wildman–Crippen MR) is 91.8 cm³/mol. The summed E-state index contributed by atoms with van der Waals surface area (Å²) in [5.74, 6) is 0. The van der Waals surface area contributed by atoms with Crippen molar-refractivity contribution in [2.24, 2.45) is 0 Å². The number of hydrogen-bond donors (Lipinski definition) is 0. The van der Waals surface area contributed by atoms with Gasteiger partial charge in [-0.25, -0.2) is 0 Å². The van der Waals surface area contributed by atoms with Crippen LogP contribution in [0.1, 0.15) is 30.9 Å². The van der Waals surface area contributed by atoms with Gasteiger partial charge >= 0.3 is 0 Å². The van der Waals surface area contributed by atoms with Crippen molar-refractivity contribution in [1.82, 2.24) is 4.90 Å². The predicted octanol–water partition coefficient (Wildman–Crippen LogP) is 4.81. The Morgan fingerprint density at radius 1 is 1.00 bits per heavy atom. The van der Waals surface area contributed by atoms with Crippen molar-refractivity contribution in [2.75, 3.05) is 13.1 Å². The second-order valence-corrected chi connectivity index (χ2v) is 6.90. The number of hydrogen-bond acceptors (Lipinski definition) is 2. The maximum absolute atomic E-state index is 2.59. The van der Waals surface area contributed by atoms with Gasteiger partial charge in [0.2, 0.25) is 0 Å². The molecule has 1 atom stereocenters. The first-order valence-electron chi connectivity index (χ1n) is 7.88. The third-order valence-electron chi connectivity index (χ3n) is 4.16. The van der Waals surface area contributed by atoms with Crippen LogP contribution in [0, 0.1) is 0 Å². The van der Waals surface area contributed by atoms with Crippen LogP contribution in [-0.4, -0.2) is 23.4 Å². The molecule has 21 heavy (non-hydrogen) atoms. The molecule has 0 saturated carbocycles. The minimum absolute atomic E-state index is 0.676. The molecule has 1 fully saturated rings. The van der Waals surface area contributed by atoms with E-state index in [1.54, 1.807) is 0 Å². The number of benzene rings is 2. The van der Waals surface area contributed by atoms with Crippen LogP contribution < -0.4 is 0 Å². The summed E-state index contributed by atoms with van der Waals surface area (Å²) in [5.41, 5.74) is 2.77. The third kappa shape index (κ3) is 3.90. The molecule has 2 heteroatoms. The minimum atomic E-state index is 0.676. The molecule has 0 amide bonds. The van der Waals surface area contributed by atoms with Crippen LogP contribution in [0.4, 0.5) is 0 Å². The maximum atomic E-state index is 2.59. The van der Waals surface area contributed by atoms with Crippen molar-refractivity contribution in [1.29, 1.82) is 0 Å². The summed E-state index contributed by atoms with van der Waals surface area (Å²) in [7, 11) is 0. The Labute approximate surface area is 132 Å². The molecular weight excluding hydrogens is 274 g/mol. The van der Waals surface area contributed by atoms with E-state index >= 15 is 0 Å². The van der Waals surface area contributed by atoms with Crippen molar-refractivity contribution >= 4 is 11.8 Å². The van der Waals surface area contributed by atoms with Crippen LogP contribution in [-0.2, 0) is 6.42 Å². The highest BCUT2D eigenvalue weighted by atomic mass is 32.2. The van der Waals surface area contributed by atoms with E-state index in [4.69, 9.17) is 0 Å². The largest absolute Gasteiger partial charge is 0.291 e. The summed E-state index contributed by atoms with van der Waals surface area (Å²) < 4.78 is 0. The van der Waals surface area contributed by atoms with Gasteiger partial charge in [0, 0.05) is 4.90 Å². The van der Waals surface area contributed by atoms with E-state index in [1.165, 1.54) is 42.0 Å². The highest BCUT2D eigenvalue weighted by molar-refractivity contribution is 7.99. The van der Waals surface area contributed by atoms with Gasteiger partial charge in [-0.05, 0) is 55.6 Å². The Morgan fingerprint density at radius 2 is 1.71 bits per heavy atom. The summed E-state index contributed by atoms with van der Waals surface area (Å²) in [5, 5.41) is 0.676. The first-order valence-corrected chi connectivity index (χ1v) is 8.76. The molecule has 2 aromatic rings. The lowest BCUT2D eigenvalue weighted by Gasteiger charge is -2.22. The molecule has 0 N–H and O–H groups in total. The van der Waals surface area contributed by atoms with Crippen molar-refractivity contribution in [3.63, 3.8) is 0 Å². The Morgan fingerprint density at radius 3 is 2.43 bits per heavy atom. The van der Waals surface area contributed by atoms with Gasteiger partial charge in [-0.1, -0.05) is 49.4 Å². The van der Waals surface area contributed by atoms with E-state index in [-0.39, 0.29) is 0 Å². The van der Waals surface area contributed by atoms with Gasteiger partial charge in [-0.15, -0.1) is 11.8 Å². The Kier molecular flexibility index (Phi) is 5.00. The van der Waals surface area contributed by atoms with Crippen molar-refractivity contribution < 1.29 is 0 Å². The standard InChI is InChI=1S/C19H23NS/c1-2-20-14-6-9-19(20)21-18-12-10-17(11-13-18)15-16-7-4-3-5-8-16/h3-5,7-8,10-13,19H,2,6,9,14-15H2,1H3. The van der Waals surface area contributed by atoms with Crippen LogP contribution in [0.25, 0.3) is 0 Å². The van der Waals surface area contributed by atoms with E-state index in [2.05, 4.69) is 66.4 Å². The summed E-state index contributed by atoms with van der Waals surface area (Å²) in [6.45, 7) is 4.70. The lowest BCUT2D eigenvalue weighted by Crippen LogP contribution is -2.26. The summed E-state index contributed by atoms with van der Waals surface area (Å²) in [4.78, 5) is 3.99. The van der Waals surface area contributed by atoms with Gasteiger partial charge in [0.25, 0.3) is 0 Å². The van der Waals surface area contributed by atoms with Gasteiger partial charge in [0.1, 0.15) is 0 Å². The molecule has 1 saturated heterocycles. The summed E-state index contributed by atoms with van der Waals surface area (Å²) in [6, 6.07) is 19.8. The number of rotatable bonds is 5. The lowest BCUT2D eigenvalue weighted by molar-refractivity contribution is 0.335. The zero-order valence-corrected chi connectivity index (χ0v) is 13.5. The van der Waals surface area contributed by atoms with Crippen molar-refractivity contribution in [3.05, 3.63) is 65.7 Å². The smallest absolute Gasteiger partial charge is 0.0604 e. The highest BCUT2D eigenvalue weighted by Gasteiger charge is 2.23. The molecule has 0 aliphatic carbocycles. The molecular formula is C19H23NS. The van der Waals surface area contributed by atoms with Crippen LogP contribution in [0.2, 0.25) is 0 Å². The van der Waals surface area contributed by atoms with Gasteiger partial charge in [0.15, 0.2) is 0 Å². The number of likely N-dealkylation sites (tertiary alicyclic amines) is 1. The molecule has 1 unspecified atom stereocenters. The zero-order chi connectivity index (χ0) is 14.5. The normalized spacial score (nSPS) is 19.0. The van der Waals surface area contributed by atoms with Gasteiger partial charge in [-0.3, -0.25) is 4.90 Å². The average Bonchev–Trinajstić information content (AvgIpc) is 2.97. The van der Waals surface area contributed by atoms with Gasteiger partial charge in [-0.2, -0.15) is 0 Å². The molecule has 0 aromatic heterocycles. The van der Waals surface area contributed by atoms with Crippen LogP contribution in [0.3, 0.4) is 0 Å². The Bertz CT molecular complexity index is 550. The molecule has 110 valence electrons. The quantitative estimate of drug-likeness (QED) is 0.779. The highest BCUT2D eigenvalue weighted by Crippen LogP contribution is 2.32. The minimum Gasteiger partial charge on any atom is -0.291 e. The average molecular weight is 297 g/mol. The number of nitrogens with zero attached hydrogens (tertiary/aromatic N) is 1. The fraction of sp³-hybridized carbons (Fsp3) is 0.368. The van der Waals surface area contributed by atoms with Crippen LogP contribution in [0.15, 0.2) is 59.5 Å². The van der Waals surface area contributed by atoms with E-state index in [0.29, 0.717) is 5.37 Å². The van der Waals surface area contributed by atoms with E-state index in [9.17, 15) is 0 Å². The van der Waals surface area contributed by atoms with Gasteiger partial charge in [0.05, 0.1) is 5.37 Å². The summed E-state index contributed by atoms with van der Waals surface area (Å²) in [6.07, 6.45) is 3.69. The molecule has 3 rings (SSSR count). The topological polar surface area (TPSA) is 3.24 Å². The molecule has 1 heterocycles. The molecule has 2 aromatic carbocycles. The Balaban J connectivity index is 1.61. The summed E-state index contributed by atoms with van der Waals surface area (Å²) >= 11 is 2.02. The van der Waals surface area contributed by atoms with E-state index in [1.807, 2.05) is 11.8 Å². The Hall–Kier alpha value is -1.25. The monoisotopic (exact) mass is 297 g/mol. The second-order valence-electron chi connectivity index (χ2n) is 5.65. The first-order chi connectivity index (χ1) is 10.3. The van der Waals surface area contributed by atoms with Crippen LogP contribution >= 0.6 is 11.8 Å². The molecule has 1 aliphatic heterocycles. The molecule has 0 spiro atoms. The SMILES string of the molecule is CCN1CCCC1Sc1ccc(Cc2ccccc2)cc1. The molecule has 0 bridgehead atoms. The van der Waals surface area contributed by atoms with Crippen molar-refractivity contribution in [2.45, 2.75) is 36.5 Å². The second kappa shape index (κ2) is 7.15.